The summed E-state index contributed by atoms with van der Waals surface area (Å²) in [5, 5.41) is 0.741. The van der Waals surface area contributed by atoms with E-state index in [4.69, 9.17) is 11.6 Å². The van der Waals surface area contributed by atoms with Crippen molar-refractivity contribution in [2.75, 3.05) is 19.6 Å². The van der Waals surface area contributed by atoms with Gasteiger partial charge in [0.15, 0.2) is 5.78 Å². The predicted octanol–water partition coefficient (Wildman–Crippen LogP) is 5.67. The minimum absolute atomic E-state index is 0.267. The van der Waals surface area contributed by atoms with Gasteiger partial charge in [-0.05, 0) is 49.7 Å². The van der Waals surface area contributed by atoms with Gasteiger partial charge in [-0.2, -0.15) is 0 Å². The van der Waals surface area contributed by atoms with Gasteiger partial charge in [0.05, 0.1) is 0 Å². The highest BCUT2D eigenvalue weighted by molar-refractivity contribution is 6.30. The lowest BCUT2D eigenvalue weighted by Gasteiger charge is -2.23. The Balaban J connectivity index is 1.92. The monoisotopic (exact) mass is 369 g/mol. The molecule has 0 heterocycles. The topological polar surface area (TPSA) is 20.3 Å². The van der Waals surface area contributed by atoms with Gasteiger partial charge < -0.3 is 4.90 Å². The van der Waals surface area contributed by atoms with Gasteiger partial charge in [0.1, 0.15) is 0 Å². The second-order valence-electron chi connectivity index (χ2n) is 7.33. The van der Waals surface area contributed by atoms with E-state index in [1.165, 1.54) is 5.56 Å². The van der Waals surface area contributed by atoms with Crippen LogP contribution in [0, 0.1) is 11.3 Å². The SMILES string of the molecule is CCN(CC)CCC1(C(=O)c2ccccc2)C(c2ccc(Cl)cc2)[C@@H]1C. The third-order valence-corrected chi connectivity index (χ3v) is 6.43. The summed E-state index contributed by atoms with van der Waals surface area (Å²) in [5.74, 6) is 0.896. The van der Waals surface area contributed by atoms with Crippen LogP contribution in [0.25, 0.3) is 0 Å². The van der Waals surface area contributed by atoms with Crippen molar-refractivity contribution in [2.24, 2.45) is 11.3 Å². The second-order valence-corrected chi connectivity index (χ2v) is 7.77. The zero-order valence-corrected chi connectivity index (χ0v) is 16.7. The largest absolute Gasteiger partial charge is 0.304 e. The normalized spacial score (nSPS) is 24.7. The van der Waals surface area contributed by atoms with Crippen molar-refractivity contribution in [1.29, 1.82) is 0 Å². The number of rotatable bonds is 8. The maximum Gasteiger partial charge on any atom is 0.169 e. The van der Waals surface area contributed by atoms with Crippen LogP contribution in [0.3, 0.4) is 0 Å². The number of ketones is 1. The Morgan fingerprint density at radius 1 is 1.04 bits per heavy atom. The molecule has 1 fully saturated rings. The van der Waals surface area contributed by atoms with Gasteiger partial charge in [-0.1, -0.05) is 74.8 Å². The molecule has 2 nitrogen and oxygen atoms in total. The first-order valence-corrected chi connectivity index (χ1v) is 10.00. The van der Waals surface area contributed by atoms with Crippen LogP contribution < -0.4 is 0 Å². The Hall–Kier alpha value is -1.64. The number of Topliss-reactive ketones (excluding diaryl/α,β-unsaturated/α-hetero) is 1. The Morgan fingerprint density at radius 3 is 2.23 bits per heavy atom. The van der Waals surface area contributed by atoms with E-state index >= 15 is 0 Å². The molecule has 0 spiro atoms. The standard InChI is InChI=1S/C23H28ClNO/c1-4-25(5-2)16-15-23(22(26)19-9-7-6-8-10-19)17(3)21(23)18-11-13-20(24)14-12-18/h6-14,17,21H,4-5,15-16H2,1-3H3/t17-,21?,23?/m0/s1. The van der Waals surface area contributed by atoms with E-state index < -0.39 is 0 Å². The van der Waals surface area contributed by atoms with Crippen LogP contribution in [0.1, 0.15) is 49.0 Å². The molecule has 1 aliphatic carbocycles. The van der Waals surface area contributed by atoms with Crippen LogP contribution >= 0.6 is 11.6 Å². The second kappa shape index (κ2) is 7.94. The van der Waals surface area contributed by atoms with Crippen molar-refractivity contribution in [1.82, 2.24) is 4.90 Å². The first-order chi connectivity index (χ1) is 12.5. The van der Waals surface area contributed by atoms with Crippen LogP contribution in [0.5, 0.6) is 0 Å². The minimum atomic E-state index is -0.308. The highest BCUT2D eigenvalue weighted by Crippen LogP contribution is 2.68. The average molecular weight is 370 g/mol. The quantitative estimate of drug-likeness (QED) is 0.558. The van der Waals surface area contributed by atoms with E-state index in [0.717, 1.165) is 36.6 Å². The molecule has 26 heavy (non-hydrogen) atoms. The minimum Gasteiger partial charge on any atom is -0.304 e. The van der Waals surface area contributed by atoms with E-state index in [9.17, 15) is 4.79 Å². The molecule has 0 aromatic heterocycles. The van der Waals surface area contributed by atoms with Crippen molar-refractivity contribution < 1.29 is 4.79 Å². The molecule has 3 heteroatoms. The van der Waals surface area contributed by atoms with Gasteiger partial charge in [0.25, 0.3) is 0 Å². The molecule has 1 aliphatic rings. The molecular formula is C23H28ClNO. The van der Waals surface area contributed by atoms with E-state index in [1.807, 2.05) is 42.5 Å². The Kier molecular flexibility index (Phi) is 5.84. The van der Waals surface area contributed by atoms with Gasteiger partial charge in [-0.3, -0.25) is 4.79 Å². The van der Waals surface area contributed by atoms with Crippen molar-refractivity contribution in [2.45, 2.75) is 33.1 Å². The van der Waals surface area contributed by atoms with E-state index in [0.29, 0.717) is 5.92 Å². The van der Waals surface area contributed by atoms with Gasteiger partial charge in [0, 0.05) is 21.9 Å². The number of hydrogen-bond donors (Lipinski definition) is 0. The van der Waals surface area contributed by atoms with Crippen LogP contribution in [0.4, 0.5) is 0 Å². The van der Waals surface area contributed by atoms with Crippen LogP contribution in [0.2, 0.25) is 5.02 Å². The molecular weight excluding hydrogens is 342 g/mol. The lowest BCUT2D eigenvalue weighted by atomic mass is 9.86. The van der Waals surface area contributed by atoms with Gasteiger partial charge in [-0.15, -0.1) is 0 Å². The molecule has 0 saturated heterocycles. The zero-order valence-electron chi connectivity index (χ0n) is 15.9. The van der Waals surface area contributed by atoms with Crippen molar-refractivity contribution in [3.63, 3.8) is 0 Å². The van der Waals surface area contributed by atoms with Crippen molar-refractivity contribution in [3.8, 4) is 0 Å². The summed E-state index contributed by atoms with van der Waals surface area (Å²) < 4.78 is 0. The maximum absolute atomic E-state index is 13.5. The van der Waals surface area contributed by atoms with Crippen LogP contribution in [-0.2, 0) is 0 Å². The first-order valence-electron chi connectivity index (χ1n) is 9.62. The molecule has 138 valence electrons. The molecule has 0 N–H and O–H groups in total. The number of halogens is 1. The molecule has 0 radical (unpaired) electrons. The summed E-state index contributed by atoms with van der Waals surface area (Å²) in [6.07, 6.45) is 0.900. The molecule has 2 aromatic rings. The highest BCUT2D eigenvalue weighted by atomic mass is 35.5. The number of benzene rings is 2. The molecule has 0 bridgehead atoms. The van der Waals surface area contributed by atoms with Gasteiger partial charge >= 0.3 is 0 Å². The lowest BCUT2D eigenvalue weighted by Crippen LogP contribution is -2.30. The maximum atomic E-state index is 13.5. The third kappa shape index (κ3) is 3.45. The summed E-state index contributed by atoms with van der Waals surface area (Å²) in [6, 6.07) is 17.8. The summed E-state index contributed by atoms with van der Waals surface area (Å²) in [5.41, 5.74) is 1.75. The molecule has 0 aliphatic heterocycles. The Morgan fingerprint density at radius 2 is 1.65 bits per heavy atom. The molecule has 0 amide bonds. The molecule has 1 saturated carbocycles. The fourth-order valence-corrected chi connectivity index (χ4v) is 4.60. The summed E-state index contributed by atoms with van der Waals surface area (Å²) in [6.45, 7) is 9.59. The number of carbonyl (C=O) groups excluding carboxylic acids is 1. The molecule has 2 aromatic carbocycles. The van der Waals surface area contributed by atoms with Crippen LogP contribution in [-0.4, -0.2) is 30.3 Å². The predicted molar refractivity (Wildman–Crippen MR) is 109 cm³/mol. The van der Waals surface area contributed by atoms with Gasteiger partial charge in [-0.25, -0.2) is 0 Å². The number of carbonyl (C=O) groups is 1. The lowest BCUT2D eigenvalue weighted by molar-refractivity contribution is 0.0863. The molecule has 2 unspecified atom stereocenters. The number of hydrogen-bond acceptors (Lipinski definition) is 2. The molecule has 3 rings (SSSR count). The smallest absolute Gasteiger partial charge is 0.169 e. The zero-order chi connectivity index (χ0) is 18.7. The van der Waals surface area contributed by atoms with Crippen molar-refractivity contribution in [3.05, 3.63) is 70.7 Å². The Labute approximate surface area is 162 Å². The van der Waals surface area contributed by atoms with Crippen molar-refractivity contribution >= 4 is 17.4 Å². The third-order valence-electron chi connectivity index (χ3n) is 6.18. The summed E-state index contributed by atoms with van der Waals surface area (Å²) >= 11 is 6.07. The highest BCUT2D eigenvalue weighted by Gasteiger charge is 2.66. The average Bonchev–Trinajstić information content (AvgIpc) is 3.28. The Bertz CT molecular complexity index is 739. The fraction of sp³-hybridized carbons (Fsp3) is 0.435. The van der Waals surface area contributed by atoms with Crippen LogP contribution in [0.15, 0.2) is 54.6 Å². The van der Waals surface area contributed by atoms with E-state index in [1.54, 1.807) is 0 Å². The number of nitrogens with zero attached hydrogens (tertiary/aromatic N) is 1. The summed E-state index contributed by atoms with van der Waals surface area (Å²) in [7, 11) is 0. The van der Waals surface area contributed by atoms with E-state index in [-0.39, 0.29) is 17.1 Å². The van der Waals surface area contributed by atoms with Gasteiger partial charge in [0.2, 0.25) is 0 Å². The summed E-state index contributed by atoms with van der Waals surface area (Å²) in [4.78, 5) is 15.9. The fourth-order valence-electron chi connectivity index (χ4n) is 4.47. The van der Waals surface area contributed by atoms with E-state index in [2.05, 4.69) is 37.8 Å². The molecule has 3 atom stereocenters. The first kappa shape index (κ1) is 19.1.